The molecule has 198 valence electrons. The molecule has 7 nitrogen and oxygen atoms in total. The van der Waals surface area contributed by atoms with Gasteiger partial charge in [-0.15, -0.1) is 11.8 Å². The second kappa shape index (κ2) is 12.3. The quantitative estimate of drug-likeness (QED) is 0.134. The lowest BCUT2D eigenvalue weighted by Crippen LogP contribution is -2.42. The number of likely N-dealkylation sites (N-methyl/N-ethyl adjacent to an activating group) is 1. The zero-order valence-electron chi connectivity index (χ0n) is 20.0. The number of rotatable bonds is 10. The Hall–Kier alpha value is -1.99. The van der Waals surface area contributed by atoms with Gasteiger partial charge in [-0.1, -0.05) is 19.8 Å². The third-order valence-corrected chi connectivity index (χ3v) is 8.20. The molecule has 0 fully saturated rings. The van der Waals surface area contributed by atoms with Gasteiger partial charge >= 0.3 is 12.1 Å². The van der Waals surface area contributed by atoms with Crippen LogP contribution in [-0.4, -0.2) is 63.9 Å². The number of thioether (sulfide) groups is 1. The summed E-state index contributed by atoms with van der Waals surface area (Å²) in [6, 6.07) is 2.05. The van der Waals surface area contributed by atoms with Crippen LogP contribution in [-0.2, 0) is 19.6 Å². The molecule has 0 radical (unpaired) electrons. The van der Waals surface area contributed by atoms with Gasteiger partial charge in [-0.2, -0.15) is 21.9 Å². The fourth-order valence-corrected chi connectivity index (χ4v) is 5.73. The van der Waals surface area contributed by atoms with Crippen LogP contribution >= 0.6 is 11.8 Å². The van der Waals surface area contributed by atoms with Crippen LogP contribution in [0.5, 0.6) is 5.75 Å². The molecule has 2 rings (SSSR count). The molecule has 0 amide bonds. The van der Waals surface area contributed by atoms with E-state index in [1.807, 2.05) is 6.92 Å². The first-order valence-corrected chi connectivity index (χ1v) is 13.7. The van der Waals surface area contributed by atoms with E-state index in [0.717, 1.165) is 24.2 Å². The maximum atomic E-state index is 14.0. The van der Waals surface area contributed by atoms with E-state index in [4.69, 9.17) is 4.74 Å². The molecular formula is C22H30F4N2O5S2. The standard InChI is InChI=1S/C22H30F4N2O5S2/c1-5-7-8-15-13-28(10-9-22(24,25)26)17-11-19(34-4)18(12-20(17)35(30,31)27(15)3)33-14-16(23)21(29)32-6-2/h11-12,14-15H,5-10,13H2,1-4H3/b16-14-. The van der Waals surface area contributed by atoms with Gasteiger partial charge in [0.1, 0.15) is 16.9 Å². The number of anilines is 1. The van der Waals surface area contributed by atoms with Crippen molar-refractivity contribution in [1.29, 1.82) is 0 Å². The number of unbranched alkanes of at least 4 members (excludes halogenated alkanes) is 1. The monoisotopic (exact) mass is 542 g/mol. The number of hydrogen-bond donors (Lipinski definition) is 0. The van der Waals surface area contributed by atoms with Crippen molar-refractivity contribution < 1.29 is 40.2 Å². The molecule has 0 saturated carbocycles. The highest BCUT2D eigenvalue weighted by molar-refractivity contribution is 7.98. The van der Waals surface area contributed by atoms with Crippen molar-refractivity contribution in [1.82, 2.24) is 4.31 Å². The molecule has 0 aromatic heterocycles. The molecule has 1 heterocycles. The fraction of sp³-hybridized carbons (Fsp3) is 0.591. The highest BCUT2D eigenvalue weighted by Gasteiger charge is 2.38. The highest BCUT2D eigenvalue weighted by atomic mass is 32.2. The molecule has 1 unspecified atom stereocenters. The van der Waals surface area contributed by atoms with Crippen LogP contribution in [0.3, 0.4) is 0 Å². The van der Waals surface area contributed by atoms with Crippen molar-refractivity contribution in [3.05, 3.63) is 24.2 Å². The predicted molar refractivity (Wildman–Crippen MR) is 126 cm³/mol. The SMILES string of the molecule is CCCCC1CN(CCC(F)(F)F)c2cc(SC)c(O/C=C(\F)C(=O)OCC)cc2S(=O)(=O)N1C. The predicted octanol–water partition coefficient (Wildman–Crippen LogP) is 5.11. The van der Waals surface area contributed by atoms with E-state index in [0.29, 0.717) is 24.0 Å². The van der Waals surface area contributed by atoms with Crippen molar-refractivity contribution in [3.8, 4) is 5.75 Å². The third-order valence-electron chi connectivity index (χ3n) is 5.50. The molecule has 1 aromatic rings. The summed E-state index contributed by atoms with van der Waals surface area (Å²) in [6.07, 6.45) is -1.38. The zero-order valence-corrected chi connectivity index (χ0v) is 21.7. The lowest BCUT2D eigenvalue weighted by atomic mass is 10.1. The fourth-order valence-electron chi connectivity index (χ4n) is 3.60. The first-order valence-electron chi connectivity index (χ1n) is 11.1. The Bertz CT molecular complexity index is 1030. The minimum atomic E-state index is -4.42. The molecule has 0 saturated heterocycles. The number of nitrogens with zero attached hydrogens (tertiary/aromatic N) is 2. The van der Waals surface area contributed by atoms with E-state index in [1.165, 1.54) is 29.2 Å². The van der Waals surface area contributed by atoms with Gasteiger partial charge in [-0.3, -0.25) is 0 Å². The topological polar surface area (TPSA) is 76.1 Å². The van der Waals surface area contributed by atoms with Gasteiger partial charge in [0.05, 0.1) is 23.6 Å². The number of ether oxygens (including phenoxy) is 2. The molecule has 1 aliphatic heterocycles. The van der Waals surface area contributed by atoms with E-state index in [2.05, 4.69) is 4.74 Å². The van der Waals surface area contributed by atoms with Gasteiger partial charge in [-0.25, -0.2) is 13.2 Å². The first-order chi connectivity index (χ1) is 16.3. The molecule has 1 aromatic carbocycles. The van der Waals surface area contributed by atoms with Crippen LogP contribution in [0.15, 0.2) is 34.0 Å². The Morgan fingerprint density at radius 2 is 1.97 bits per heavy atom. The molecule has 0 spiro atoms. The van der Waals surface area contributed by atoms with Gasteiger partial charge in [-0.05, 0) is 25.7 Å². The zero-order chi connectivity index (χ0) is 26.4. The van der Waals surface area contributed by atoms with Crippen molar-refractivity contribution in [3.63, 3.8) is 0 Å². The Labute approximate surface area is 207 Å². The largest absolute Gasteiger partial charge is 0.461 e. The number of fused-ring (bicyclic) bond motifs is 1. The molecule has 1 aliphatic rings. The number of sulfonamides is 1. The van der Waals surface area contributed by atoms with Gasteiger partial charge < -0.3 is 14.4 Å². The number of halogens is 4. The van der Waals surface area contributed by atoms with Crippen molar-refractivity contribution in [2.45, 2.75) is 61.5 Å². The normalized spacial score (nSPS) is 18.7. The maximum Gasteiger partial charge on any atom is 0.390 e. The Balaban J connectivity index is 2.59. The summed E-state index contributed by atoms with van der Waals surface area (Å²) in [5.74, 6) is -2.62. The lowest BCUT2D eigenvalue weighted by Gasteiger charge is -2.30. The number of benzene rings is 1. The van der Waals surface area contributed by atoms with E-state index in [-0.39, 0.29) is 29.5 Å². The second-order valence-electron chi connectivity index (χ2n) is 7.90. The molecule has 0 bridgehead atoms. The summed E-state index contributed by atoms with van der Waals surface area (Å²) in [6.45, 7) is 3.06. The summed E-state index contributed by atoms with van der Waals surface area (Å²) >= 11 is 1.14. The smallest absolute Gasteiger partial charge is 0.390 e. The van der Waals surface area contributed by atoms with Crippen LogP contribution in [0.2, 0.25) is 0 Å². The van der Waals surface area contributed by atoms with Gasteiger partial charge in [0.2, 0.25) is 15.9 Å². The van der Waals surface area contributed by atoms with Crippen LogP contribution in [0.25, 0.3) is 0 Å². The number of esters is 1. The summed E-state index contributed by atoms with van der Waals surface area (Å²) in [7, 11) is -2.72. The van der Waals surface area contributed by atoms with Crippen molar-refractivity contribution in [2.24, 2.45) is 0 Å². The van der Waals surface area contributed by atoms with Crippen LogP contribution in [0, 0.1) is 0 Å². The average molecular weight is 543 g/mol. The lowest BCUT2D eigenvalue weighted by molar-refractivity contribution is -0.140. The minimum absolute atomic E-state index is 0.0491. The van der Waals surface area contributed by atoms with Gasteiger partial charge in [0.15, 0.2) is 0 Å². The van der Waals surface area contributed by atoms with Crippen LogP contribution in [0.1, 0.15) is 39.5 Å². The molecule has 13 heteroatoms. The molecule has 35 heavy (non-hydrogen) atoms. The maximum absolute atomic E-state index is 14.0. The van der Waals surface area contributed by atoms with E-state index in [1.54, 1.807) is 6.26 Å². The number of carbonyl (C=O) groups excluding carboxylic acids is 1. The summed E-state index contributed by atoms with van der Waals surface area (Å²) in [4.78, 5) is 13.1. The summed E-state index contributed by atoms with van der Waals surface area (Å²) < 4.78 is 91.1. The summed E-state index contributed by atoms with van der Waals surface area (Å²) in [5.41, 5.74) is 0.117. The second-order valence-corrected chi connectivity index (χ2v) is 10.7. The number of hydrogen-bond acceptors (Lipinski definition) is 7. The number of alkyl halides is 3. The van der Waals surface area contributed by atoms with Crippen LogP contribution in [0.4, 0.5) is 23.2 Å². The third kappa shape index (κ3) is 7.50. The molecular weight excluding hydrogens is 512 g/mol. The Morgan fingerprint density at radius 3 is 2.54 bits per heavy atom. The Morgan fingerprint density at radius 1 is 1.29 bits per heavy atom. The van der Waals surface area contributed by atoms with Crippen molar-refractivity contribution >= 4 is 33.4 Å². The van der Waals surface area contributed by atoms with Crippen molar-refractivity contribution in [2.75, 3.05) is 37.9 Å². The van der Waals surface area contributed by atoms with Gasteiger partial charge in [0.25, 0.3) is 0 Å². The Kier molecular flexibility index (Phi) is 10.3. The van der Waals surface area contributed by atoms with E-state index < -0.39 is 47.0 Å². The average Bonchev–Trinajstić information content (AvgIpc) is 2.87. The minimum Gasteiger partial charge on any atom is -0.461 e. The van der Waals surface area contributed by atoms with E-state index >= 15 is 0 Å². The number of carbonyl (C=O) groups is 1. The molecule has 1 atom stereocenters. The molecule has 0 N–H and O–H groups in total. The van der Waals surface area contributed by atoms with E-state index in [9.17, 15) is 30.8 Å². The molecule has 0 aliphatic carbocycles. The summed E-state index contributed by atoms with van der Waals surface area (Å²) in [5, 5.41) is 0. The van der Waals surface area contributed by atoms with Crippen LogP contribution < -0.4 is 9.64 Å². The van der Waals surface area contributed by atoms with Gasteiger partial charge in [0, 0.05) is 32.2 Å². The first kappa shape index (κ1) is 29.2. The highest BCUT2D eigenvalue weighted by Crippen LogP contribution is 2.41.